The molecule has 22 heavy (non-hydrogen) atoms. The largest absolute Gasteiger partial charge is 0.368 e. The maximum Gasteiger partial charge on any atom is 0.341 e. The van der Waals surface area contributed by atoms with Crippen LogP contribution in [-0.4, -0.2) is 40.2 Å². The van der Waals surface area contributed by atoms with E-state index in [0.29, 0.717) is 16.6 Å². The fourth-order valence-electron chi connectivity index (χ4n) is 2.47. The molecule has 3 N–H and O–H groups in total. The number of aromatic nitrogens is 3. The van der Waals surface area contributed by atoms with Crippen LogP contribution in [-0.2, 0) is 0 Å². The summed E-state index contributed by atoms with van der Waals surface area (Å²) in [6, 6.07) is 5.29. The Hall–Kier alpha value is -1.99. The van der Waals surface area contributed by atoms with Gasteiger partial charge in [-0.05, 0) is 24.6 Å². The molecular formula is C13H13Cl2N5O2. The zero-order valence-corrected chi connectivity index (χ0v) is 12.9. The Morgan fingerprint density at radius 2 is 2.23 bits per heavy atom. The summed E-state index contributed by atoms with van der Waals surface area (Å²) < 4.78 is 0. The average Bonchev–Trinajstić information content (AvgIpc) is 3.08. The molecule has 0 spiro atoms. The number of hydrogen-bond donors (Lipinski definition) is 3. The minimum absolute atomic E-state index is 0.0204. The first-order valence-corrected chi connectivity index (χ1v) is 7.44. The summed E-state index contributed by atoms with van der Waals surface area (Å²) in [5, 5.41) is 9.76. The van der Waals surface area contributed by atoms with Crippen LogP contribution in [0, 0.1) is 0 Å². The Morgan fingerprint density at radius 1 is 1.41 bits per heavy atom. The molecule has 1 aliphatic rings. The topological polar surface area (TPSA) is 93.9 Å². The Bertz CT molecular complexity index is 757. The van der Waals surface area contributed by atoms with Crippen molar-refractivity contribution < 1.29 is 4.79 Å². The van der Waals surface area contributed by atoms with Crippen molar-refractivity contribution in [3.05, 3.63) is 44.6 Å². The summed E-state index contributed by atoms with van der Waals surface area (Å²) in [5.41, 5.74) is 0.377. The predicted molar refractivity (Wildman–Crippen MR) is 83.8 cm³/mol. The van der Waals surface area contributed by atoms with Gasteiger partial charge in [-0.3, -0.25) is 9.78 Å². The lowest BCUT2D eigenvalue weighted by Crippen LogP contribution is -2.37. The van der Waals surface area contributed by atoms with Crippen molar-refractivity contribution >= 4 is 34.8 Å². The predicted octanol–water partition coefficient (Wildman–Crippen LogP) is 1.41. The molecule has 1 aliphatic heterocycles. The second kappa shape index (κ2) is 6.02. The average molecular weight is 342 g/mol. The van der Waals surface area contributed by atoms with Gasteiger partial charge in [0.25, 0.3) is 5.91 Å². The lowest BCUT2D eigenvalue weighted by atomic mass is 10.2. The standard InChI is InChI=1S/C13H13Cl2N5O2/c14-7-1-2-10(9(15)5-7)20-4-3-8(6-20)16-12(21)11-17-13(22)19-18-11/h1-2,5,8H,3-4,6H2,(H,16,21)(H2,17,18,19,22)/t8-/m1/s1. The summed E-state index contributed by atoms with van der Waals surface area (Å²) in [4.78, 5) is 27.3. The van der Waals surface area contributed by atoms with E-state index in [2.05, 4.69) is 25.4 Å². The van der Waals surface area contributed by atoms with Crippen LogP contribution in [0.5, 0.6) is 0 Å². The Morgan fingerprint density at radius 3 is 2.91 bits per heavy atom. The van der Waals surface area contributed by atoms with Crippen molar-refractivity contribution in [2.45, 2.75) is 12.5 Å². The van der Waals surface area contributed by atoms with Crippen LogP contribution in [0.15, 0.2) is 23.0 Å². The molecule has 3 rings (SSSR count). The monoisotopic (exact) mass is 341 g/mol. The van der Waals surface area contributed by atoms with Crippen LogP contribution in [0.25, 0.3) is 0 Å². The van der Waals surface area contributed by atoms with Crippen LogP contribution in [0.4, 0.5) is 5.69 Å². The fraction of sp³-hybridized carbons (Fsp3) is 0.308. The number of anilines is 1. The number of rotatable bonds is 3. The van der Waals surface area contributed by atoms with Crippen molar-refractivity contribution in [1.29, 1.82) is 0 Å². The third kappa shape index (κ3) is 3.10. The third-order valence-electron chi connectivity index (χ3n) is 3.49. The van der Waals surface area contributed by atoms with Crippen molar-refractivity contribution in [1.82, 2.24) is 20.5 Å². The third-order valence-corrected chi connectivity index (χ3v) is 4.03. The van der Waals surface area contributed by atoms with Gasteiger partial charge in [0.15, 0.2) is 0 Å². The van der Waals surface area contributed by atoms with Crippen molar-refractivity contribution in [2.24, 2.45) is 0 Å². The van der Waals surface area contributed by atoms with Crippen LogP contribution in [0.1, 0.15) is 17.0 Å². The molecule has 1 amide bonds. The number of nitrogens with one attached hydrogen (secondary N) is 3. The van der Waals surface area contributed by atoms with E-state index in [9.17, 15) is 9.59 Å². The first kappa shape index (κ1) is 14.9. The number of nitrogens with zero attached hydrogens (tertiary/aromatic N) is 2. The van der Waals surface area contributed by atoms with Gasteiger partial charge in [0.1, 0.15) is 0 Å². The second-order valence-corrected chi connectivity index (χ2v) is 5.87. The summed E-state index contributed by atoms with van der Waals surface area (Å²) in [6.45, 7) is 1.39. The Kier molecular flexibility index (Phi) is 4.08. The number of carbonyl (C=O) groups is 1. The zero-order valence-electron chi connectivity index (χ0n) is 11.4. The molecule has 1 saturated heterocycles. The van der Waals surface area contributed by atoms with Crippen LogP contribution in [0.2, 0.25) is 10.0 Å². The normalized spacial score (nSPS) is 17.7. The molecule has 0 unspecified atom stereocenters. The van der Waals surface area contributed by atoms with Gasteiger partial charge < -0.3 is 10.2 Å². The molecule has 1 aromatic carbocycles. The molecule has 0 bridgehead atoms. The minimum Gasteiger partial charge on any atom is -0.368 e. The molecule has 2 aromatic rings. The van der Waals surface area contributed by atoms with Gasteiger partial charge in [0.2, 0.25) is 5.82 Å². The summed E-state index contributed by atoms with van der Waals surface area (Å²) in [5.74, 6) is -0.430. The van der Waals surface area contributed by atoms with Gasteiger partial charge >= 0.3 is 5.69 Å². The molecule has 0 saturated carbocycles. The summed E-state index contributed by atoms with van der Waals surface area (Å²) in [7, 11) is 0. The van der Waals surface area contributed by atoms with E-state index in [1.165, 1.54) is 0 Å². The first-order valence-electron chi connectivity index (χ1n) is 6.68. The minimum atomic E-state index is -0.508. The van der Waals surface area contributed by atoms with Crippen LogP contribution in [0.3, 0.4) is 0 Å². The molecule has 7 nitrogen and oxygen atoms in total. The second-order valence-electron chi connectivity index (χ2n) is 5.03. The van der Waals surface area contributed by atoms with Gasteiger partial charge in [0, 0.05) is 24.2 Å². The van der Waals surface area contributed by atoms with Crippen LogP contribution >= 0.6 is 23.2 Å². The highest BCUT2D eigenvalue weighted by molar-refractivity contribution is 6.36. The summed E-state index contributed by atoms with van der Waals surface area (Å²) >= 11 is 12.1. The van der Waals surface area contributed by atoms with Crippen molar-refractivity contribution in [3.8, 4) is 0 Å². The zero-order chi connectivity index (χ0) is 15.7. The Balaban J connectivity index is 1.65. The number of H-pyrrole nitrogens is 2. The van der Waals surface area contributed by atoms with E-state index in [-0.39, 0.29) is 11.9 Å². The van der Waals surface area contributed by atoms with Gasteiger partial charge in [-0.15, -0.1) is 5.10 Å². The highest BCUT2D eigenvalue weighted by atomic mass is 35.5. The van der Waals surface area contributed by atoms with E-state index in [1.54, 1.807) is 12.1 Å². The number of aromatic amines is 2. The van der Waals surface area contributed by atoms with Crippen LogP contribution < -0.4 is 15.9 Å². The molecular weight excluding hydrogens is 329 g/mol. The lowest BCUT2D eigenvalue weighted by molar-refractivity contribution is 0.0930. The number of carbonyl (C=O) groups excluding carboxylic acids is 1. The number of halogens is 2. The molecule has 1 atom stereocenters. The number of amides is 1. The fourth-order valence-corrected chi connectivity index (χ4v) is 2.99. The molecule has 1 fully saturated rings. The maximum absolute atomic E-state index is 11.9. The lowest BCUT2D eigenvalue weighted by Gasteiger charge is -2.20. The molecule has 0 aliphatic carbocycles. The quantitative estimate of drug-likeness (QED) is 0.786. The van der Waals surface area contributed by atoms with E-state index in [1.807, 2.05) is 6.07 Å². The number of hydrogen-bond acceptors (Lipinski definition) is 4. The number of benzene rings is 1. The van der Waals surface area contributed by atoms with Gasteiger partial charge in [-0.2, -0.15) is 0 Å². The van der Waals surface area contributed by atoms with Gasteiger partial charge in [0.05, 0.1) is 10.7 Å². The molecule has 116 valence electrons. The van der Waals surface area contributed by atoms with E-state index >= 15 is 0 Å². The highest BCUT2D eigenvalue weighted by Crippen LogP contribution is 2.31. The van der Waals surface area contributed by atoms with Gasteiger partial charge in [-0.25, -0.2) is 9.89 Å². The van der Waals surface area contributed by atoms with E-state index in [4.69, 9.17) is 23.2 Å². The van der Waals surface area contributed by atoms with Crippen molar-refractivity contribution in [3.63, 3.8) is 0 Å². The van der Waals surface area contributed by atoms with E-state index < -0.39 is 11.6 Å². The first-order chi connectivity index (χ1) is 10.5. The molecule has 2 heterocycles. The molecule has 0 radical (unpaired) electrons. The molecule has 1 aromatic heterocycles. The Labute approximate surface area is 135 Å². The summed E-state index contributed by atoms with van der Waals surface area (Å²) in [6.07, 6.45) is 0.777. The van der Waals surface area contributed by atoms with Crippen molar-refractivity contribution in [2.75, 3.05) is 18.0 Å². The highest BCUT2D eigenvalue weighted by Gasteiger charge is 2.26. The van der Waals surface area contributed by atoms with E-state index in [0.717, 1.165) is 18.7 Å². The van der Waals surface area contributed by atoms with Gasteiger partial charge in [-0.1, -0.05) is 23.2 Å². The SMILES string of the molecule is O=C(N[C@@H]1CCN(c2ccc(Cl)cc2Cl)C1)c1n[nH]c(=O)[nH]1. The molecule has 9 heteroatoms. The maximum atomic E-state index is 11.9. The smallest absolute Gasteiger partial charge is 0.341 e.